The molecule has 0 atom stereocenters. The molecule has 4 rings (SSSR count). The zero-order valence-corrected chi connectivity index (χ0v) is 19.9. The van der Waals surface area contributed by atoms with E-state index in [2.05, 4.69) is 20.8 Å². The van der Waals surface area contributed by atoms with Crippen LogP contribution in [0.1, 0.15) is 22.3 Å². The molecule has 0 spiro atoms. The van der Waals surface area contributed by atoms with Crippen molar-refractivity contribution in [1.82, 2.24) is 10.2 Å². The smallest absolute Gasteiger partial charge is 0.250 e. The van der Waals surface area contributed by atoms with E-state index in [1.165, 1.54) is 29.2 Å². The lowest BCUT2D eigenvalue weighted by Crippen LogP contribution is -2.15. The number of anilines is 2. The summed E-state index contributed by atoms with van der Waals surface area (Å²) in [5.74, 6) is 1.08. The Morgan fingerprint density at radius 2 is 1.82 bits per heavy atom. The number of amides is 2. The van der Waals surface area contributed by atoms with Gasteiger partial charge in [-0.1, -0.05) is 46.9 Å². The molecule has 10 heteroatoms. The van der Waals surface area contributed by atoms with Crippen molar-refractivity contribution in [2.24, 2.45) is 0 Å². The maximum absolute atomic E-state index is 12.4. The third kappa shape index (κ3) is 5.91. The summed E-state index contributed by atoms with van der Waals surface area (Å²) in [7, 11) is 0. The van der Waals surface area contributed by atoms with Crippen molar-refractivity contribution in [1.29, 1.82) is 0 Å². The van der Waals surface area contributed by atoms with E-state index in [9.17, 15) is 9.59 Å². The molecule has 0 unspecified atom stereocenters. The molecule has 0 saturated carbocycles. The summed E-state index contributed by atoms with van der Waals surface area (Å²) in [5, 5.41) is 14.0. The quantitative estimate of drug-likeness (QED) is 0.289. The maximum atomic E-state index is 12.4. The Morgan fingerprint density at radius 1 is 1.06 bits per heavy atom. The summed E-state index contributed by atoms with van der Waals surface area (Å²) < 4.78 is 11.2. The molecule has 8 nitrogen and oxygen atoms in total. The Bertz CT molecular complexity index is 1220. The first-order chi connectivity index (χ1) is 15.9. The summed E-state index contributed by atoms with van der Waals surface area (Å²) in [5.41, 5.74) is 4.87. The third-order valence-corrected chi connectivity index (χ3v) is 6.70. The molecule has 2 amide bonds. The van der Waals surface area contributed by atoms with Gasteiger partial charge in [-0.15, -0.1) is 10.2 Å². The molecule has 33 heavy (non-hydrogen) atoms. The molecule has 0 aliphatic carbocycles. The van der Waals surface area contributed by atoms with Gasteiger partial charge in [0.1, 0.15) is 0 Å². The van der Waals surface area contributed by atoms with Crippen LogP contribution in [0.4, 0.5) is 10.8 Å². The first kappa shape index (κ1) is 22.8. The van der Waals surface area contributed by atoms with Gasteiger partial charge >= 0.3 is 0 Å². The standard InChI is InChI=1S/C23H22N4O4S2/c1-13-8-14(2)21(15(3)9-13)24-20(29)11-32-23-27-26-22(33-23)25-19(28)7-5-16-4-6-17-18(10-16)31-12-30-17/h4-10H,11-12H2,1-3H3,(H,24,29)(H,25,26,28)/b7-5+. The van der Waals surface area contributed by atoms with Crippen molar-refractivity contribution in [3.63, 3.8) is 0 Å². The number of nitrogens with zero attached hydrogens (tertiary/aromatic N) is 2. The van der Waals surface area contributed by atoms with Crippen molar-refractivity contribution in [2.45, 2.75) is 25.1 Å². The van der Waals surface area contributed by atoms with Crippen molar-refractivity contribution in [3.8, 4) is 11.5 Å². The number of ether oxygens (including phenoxy) is 2. The highest BCUT2D eigenvalue weighted by Gasteiger charge is 2.13. The second-order valence-corrected chi connectivity index (χ2v) is 9.62. The molecule has 0 radical (unpaired) electrons. The van der Waals surface area contributed by atoms with Crippen LogP contribution in [0.2, 0.25) is 0 Å². The summed E-state index contributed by atoms with van der Waals surface area (Å²) in [6.45, 7) is 6.18. The SMILES string of the molecule is Cc1cc(C)c(NC(=O)CSc2nnc(NC(=O)/C=C/c3ccc4c(c3)OCO4)s2)c(C)c1. The predicted molar refractivity (Wildman–Crippen MR) is 130 cm³/mol. The largest absolute Gasteiger partial charge is 0.454 e. The van der Waals surface area contributed by atoms with Gasteiger partial charge in [-0.3, -0.25) is 14.9 Å². The molecule has 2 N–H and O–H groups in total. The Labute approximate surface area is 199 Å². The van der Waals surface area contributed by atoms with Gasteiger partial charge < -0.3 is 14.8 Å². The number of rotatable bonds is 7. The first-order valence-electron chi connectivity index (χ1n) is 10.1. The minimum absolute atomic E-state index is 0.123. The molecule has 1 aromatic heterocycles. The van der Waals surface area contributed by atoms with Gasteiger partial charge in [-0.2, -0.15) is 0 Å². The zero-order valence-electron chi connectivity index (χ0n) is 18.3. The number of hydrogen-bond acceptors (Lipinski definition) is 8. The fourth-order valence-electron chi connectivity index (χ4n) is 3.33. The fourth-order valence-corrected chi connectivity index (χ4v) is 4.89. The number of aromatic nitrogens is 2. The molecule has 2 aromatic carbocycles. The summed E-state index contributed by atoms with van der Waals surface area (Å²) in [6.07, 6.45) is 3.08. The number of nitrogens with one attached hydrogen (secondary N) is 2. The number of carbonyl (C=O) groups is 2. The zero-order chi connectivity index (χ0) is 23.4. The van der Waals surface area contributed by atoms with Gasteiger partial charge in [0.05, 0.1) is 5.75 Å². The van der Waals surface area contributed by atoms with E-state index in [1.54, 1.807) is 18.2 Å². The average molecular weight is 483 g/mol. The van der Waals surface area contributed by atoms with Crippen LogP contribution in [0.25, 0.3) is 6.08 Å². The monoisotopic (exact) mass is 482 g/mol. The molecular weight excluding hydrogens is 460 g/mol. The van der Waals surface area contributed by atoms with Gasteiger partial charge in [0, 0.05) is 11.8 Å². The highest BCUT2D eigenvalue weighted by Crippen LogP contribution is 2.33. The van der Waals surface area contributed by atoms with Crippen molar-refractivity contribution >= 4 is 51.8 Å². The molecule has 1 aliphatic rings. The fraction of sp³-hybridized carbons (Fsp3) is 0.217. The lowest BCUT2D eigenvalue weighted by Gasteiger charge is -2.12. The number of benzene rings is 2. The average Bonchev–Trinajstić information content (AvgIpc) is 3.42. The lowest BCUT2D eigenvalue weighted by atomic mass is 10.1. The van der Waals surface area contributed by atoms with Crippen LogP contribution in [-0.2, 0) is 9.59 Å². The minimum atomic E-state index is -0.330. The molecule has 2 heterocycles. The maximum Gasteiger partial charge on any atom is 0.250 e. The van der Waals surface area contributed by atoms with Crippen LogP contribution in [0.15, 0.2) is 40.7 Å². The Kier molecular flexibility index (Phi) is 6.95. The van der Waals surface area contributed by atoms with Crippen molar-refractivity contribution in [2.75, 3.05) is 23.2 Å². The summed E-state index contributed by atoms with van der Waals surface area (Å²) >= 11 is 2.48. The van der Waals surface area contributed by atoms with Gasteiger partial charge in [-0.05, 0) is 55.7 Å². The van der Waals surface area contributed by atoms with E-state index in [0.29, 0.717) is 21.0 Å². The molecule has 0 saturated heterocycles. The second kappa shape index (κ2) is 10.1. The van der Waals surface area contributed by atoms with E-state index in [4.69, 9.17) is 9.47 Å². The van der Waals surface area contributed by atoms with Crippen LogP contribution in [0, 0.1) is 20.8 Å². The van der Waals surface area contributed by atoms with Gasteiger partial charge in [-0.25, -0.2) is 0 Å². The van der Waals surface area contributed by atoms with Gasteiger partial charge in [0.15, 0.2) is 15.8 Å². The summed E-state index contributed by atoms with van der Waals surface area (Å²) in [4.78, 5) is 24.6. The Morgan fingerprint density at radius 3 is 2.61 bits per heavy atom. The molecule has 0 bridgehead atoms. The second-order valence-electron chi connectivity index (χ2n) is 7.42. The minimum Gasteiger partial charge on any atom is -0.454 e. The van der Waals surface area contributed by atoms with Crippen LogP contribution >= 0.6 is 23.1 Å². The number of fused-ring (bicyclic) bond motifs is 1. The van der Waals surface area contributed by atoms with Crippen LogP contribution in [-0.4, -0.2) is 34.6 Å². The first-order valence-corrected chi connectivity index (χ1v) is 11.9. The lowest BCUT2D eigenvalue weighted by molar-refractivity contribution is -0.114. The highest BCUT2D eigenvalue weighted by atomic mass is 32.2. The van der Waals surface area contributed by atoms with Gasteiger partial charge in [0.2, 0.25) is 23.7 Å². The number of hydrogen-bond donors (Lipinski definition) is 2. The molecule has 1 aliphatic heterocycles. The number of thioether (sulfide) groups is 1. The normalized spacial score (nSPS) is 12.2. The molecule has 0 fully saturated rings. The summed E-state index contributed by atoms with van der Waals surface area (Å²) in [6, 6.07) is 9.51. The predicted octanol–water partition coefficient (Wildman–Crippen LogP) is 4.57. The number of aryl methyl sites for hydroxylation is 3. The molecule has 170 valence electrons. The van der Waals surface area contributed by atoms with E-state index >= 15 is 0 Å². The van der Waals surface area contributed by atoms with E-state index in [-0.39, 0.29) is 24.4 Å². The van der Waals surface area contributed by atoms with E-state index in [1.807, 2.05) is 39.0 Å². The highest BCUT2D eigenvalue weighted by molar-refractivity contribution is 8.01. The number of carbonyl (C=O) groups excluding carboxylic acids is 2. The van der Waals surface area contributed by atoms with E-state index in [0.717, 1.165) is 27.9 Å². The van der Waals surface area contributed by atoms with Crippen molar-refractivity contribution < 1.29 is 19.1 Å². The molecule has 3 aromatic rings. The third-order valence-electron chi connectivity index (χ3n) is 4.73. The van der Waals surface area contributed by atoms with Crippen LogP contribution < -0.4 is 20.1 Å². The Balaban J connectivity index is 1.27. The molecular formula is C23H22N4O4S2. The van der Waals surface area contributed by atoms with Crippen LogP contribution in [0.5, 0.6) is 11.5 Å². The van der Waals surface area contributed by atoms with Gasteiger partial charge in [0.25, 0.3) is 0 Å². The topological polar surface area (TPSA) is 102 Å². The Hall–Kier alpha value is -3.37. The van der Waals surface area contributed by atoms with Crippen molar-refractivity contribution in [3.05, 3.63) is 58.7 Å². The van der Waals surface area contributed by atoms with Crippen LogP contribution in [0.3, 0.4) is 0 Å². The van der Waals surface area contributed by atoms with E-state index < -0.39 is 0 Å².